The zero-order chi connectivity index (χ0) is 20.8. The van der Waals surface area contributed by atoms with Gasteiger partial charge < -0.3 is 19.9 Å². The summed E-state index contributed by atoms with van der Waals surface area (Å²) in [5.41, 5.74) is 2.65. The molecule has 0 saturated carbocycles. The lowest BCUT2D eigenvalue weighted by Crippen LogP contribution is -2.44. The van der Waals surface area contributed by atoms with Crippen molar-refractivity contribution in [3.63, 3.8) is 0 Å². The smallest absolute Gasteiger partial charge is 0.253 e. The van der Waals surface area contributed by atoms with E-state index in [0.29, 0.717) is 25.1 Å². The molecule has 7 heteroatoms. The van der Waals surface area contributed by atoms with Crippen LogP contribution in [-0.2, 0) is 11.2 Å². The molecule has 29 heavy (non-hydrogen) atoms. The highest BCUT2D eigenvalue weighted by atomic mass is 16.5. The second-order valence-electron chi connectivity index (χ2n) is 7.47. The number of carbonyl (C=O) groups is 2. The van der Waals surface area contributed by atoms with Crippen LogP contribution in [0.25, 0.3) is 0 Å². The van der Waals surface area contributed by atoms with E-state index in [1.807, 2.05) is 36.2 Å². The highest BCUT2D eigenvalue weighted by molar-refractivity contribution is 5.95. The molecule has 1 atom stereocenters. The van der Waals surface area contributed by atoms with Gasteiger partial charge in [-0.2, -0.15) is 0 Å². The number of benzene rings is 1. The standard InChI is InChI=1S/C22H28N4O3/c1-25(2)22(28)17-6-7-20-19(13-17)26(3)18(15-29-20)14-21(27)24-10-4-5-16-8-11-23-12-9-16/h6-9,11-13,18H,4-5,10,14-15H2,1-3H3,(H,24,27)/t18-/m1/s1. The lowest BCUT2D eigenvalue weighted by Gasteiger charge is -2.35. The number of nitrogens with one attached hydrogen (secondary N) is 1. The molecule has 1 aliphatic heterocycles. The van der Waals surface area contributed by atoms with Crippen LogP contribution in [0.3, 0.4) is 0 Å². The predicted octanol–water partition coefficient (Wildman–Crippen LogP) is 2.12. The molecule has 3 rings (SSSR count). The molecule has 154 valence electrons. The van der Waals surface area contributed by atoms with Gasteiger partial charge >= 0.3 is 0 Å². The second-order valence-corrected chi connectivity index (χ2v) is 7.47. The third-order valence-electron chi connectivity index (χ3n) is 5.11. The summed E-state index contributed by atoms with van der Waals surface area (Å²) in [6.45, 7) is 1.07. The molecule has 1 N–H and O–H groups in total. The summed E-state index contributed by atoms with van der Waals surface area (Å²) in [6, 6.07) is 9.32. The third kappa shape index (κ3) is 5.25. The van der Waals surface area contributed by atoms with Gasteiger partial charge in [-0.25, -0.2) is 0 Å². The first kappa shape index (κ1) is 20.6. The highest BCUT2D eigenvalue weighted by Crippen LogP contribution is 2.34. The van der Waals surface area contributed by atoms with E-state index in [0.717, 1.165) is 24.3 Å². The minimum Gasteiger partial charge on any atom is -0.489 e. The molecule has 7 nitrogen and oxygen atoms in total. The molecule has 0 fully saturated rings. The van der Waals surface area contributed by atoms with Gasteiger partial charge in [0.05, 0.1) is 18.2 Å². The van der Waals surface area contributed by atoms with E-state index < -0.39 is 0 Å². The number of hydrogen-bond acceptors (Lipinski definition) is 5. The molecule has 0 spiro atoms. The fourth-order valence-corrected chi connectivity index (χ4v) is 3.35. The van der Waals surface area contributed by atoms with Crippen molar-refractivity contribution in [1.29, 1.82) is 0 Å². The Morgan fingerprint density at radius 2 is 2.00 bits per heavy atom. The number of ether oxygens (including phenoxy) is 1. The van der Waals surface area contributed by atoms with Crippen LogP contribution in [0.2, 0.25) is 0 Å². The Balaban J connectivity index is 1.52. The van der Waals surface area contributed by atoms with E-state index in [-0.39, 0.29) is 17.9 Å². The van der Waals surface area contributed by atoms with Crippen molar-refractivity contribution in [2.24, 2.45) is 0 Å². The van der Waals surface area contributed by atoms with Crippen molar-refractivity contribution in [3.05, 3.63) is 53.9 Å². The van der Waals surface area contributed by atoms with Crippen LogP contribution in [0.4, 0.5) is 5.69 Å². The lowest BCUT2D eigenvalue weighted by atomic mass is 10.1. The molecule has 0 bridgehead atoms. The minimum atomic E-state index is -0.0765. The van der Waals surface area contributed by atoms with Crippen molar-refractivity contribution < 1.29 is 14.3 Å². The maximum absolute atomic E-state index is 12.4. The SMILES string of the molecule is CN(C)C(=O)c1ccc2c(c1)N(C)[C@H](CC(=O)NCCCc1ccncc1)CO2. The Bertz CT molecular complexity index is 854. The Morgan fingerprint density at radius 3 is 2.72 bits per heavy atom. The third-order valence-corrected chi connectivity index (χ3v) is 5.11. The van der Waals surface area contributed by atoms with E-state index in [9.17, 15) is 9.59 Å². The number of aryl methyl sites for hydroxylation is 1. The van der Waals surface area contributed by atoms with Gasteiger partial charge in [0, 0.05) is 45.6 Å². The minimum absolute atomic E-state index is 0.00384. The Labute approximate surface area is 171 Å². The summed E-state index contributed by atoms with van der Waals surface area (Å²) in [5.74, 6) is 0.677. The second kappa shape index (κ2) is 9.41. The average molecular weight is 396 g/mol. The number of hydrogen-bond donors (Lipinski definition) is 1. The van der Waals surface area contributed by atoms with Gasteiger partial charge in [0.15, 0.2) is 0 Å². The maximum Gasteiger partial charge on any atom is 0.253 e. The summed E-state index contributed by atoms with van der Waals surface area (Å²) < 4.78 is 5.83. The summed E-state index contributed by atoms with van der Waals surface area (Å²) in [5, 5.41) is 2.99. The monoisotopic (exact) mass is 396 g/mol. The maximum atomic E-state index is 12.4. The zero-order valence-electron chi connectivity index (χ0n) is 17.2. The van der Waals surface area contributed by atoms with Crippen molar-refractivity contribution in [2.45, 2.75) is 25.3 Å². The molecule has 2 amide bonds. The summed E-state index contributed by atoms with van der Waals surface area (Å²) in [6.07, 6.45) is 5.69. The Kier molecular flexibility index (Phi) is 6.69. The molecule has 1 aromatic heterocycles. The molecule has 0 saturated heterocycles. The van der Waals surface area contributed by atoms with Gasteiger partial charge in [-0.15, -0.1) is 0 Å². The normalized spacial score (nSPS) is 15.3. The number of fused-ring (bicyclic) bond motifs is 1. The number of anilines is 1. The van der Waals surface area contributed by atoms with Crippen molar-refractivity contribution in [1.82, 2.24) is 15.2 Å². The number of aromatic nitrogens is 1. The van der Waals surface area contributed by atoms with Crippen molar-refractivity contribution >= 4 is 17.5 Å². The molecule has 0 radical (unpaired) electrons. The Hall–Kier alpha value is -3.09. The van der Waals surface area contributed by atoms with E-state index >= 15 is 0 Å². The first-order valence-corrected chi connectivity index (χ1v) is 9.82. The average Bonchev–Trinajstić information content (AvgIpc) is 2.73. The molecule has 0 aliphatic carbocycles. The van der Waals surface area contributed by atoms with Crippen LogP contribution >= 0.6 is 0 Å². The molecular formula is C22H28N4O3. The molecule has 1 aromatic carbocycles. The highest BCUT2D eigenvalue weighted by Gasteiger charge is 2.27. The van der Waals surface area contributed by atoms with Gasteiger partial charge in [0.2, 0.25) is 5.91 Å². The van der Waals surface area contributed by atoms with Gasteiger partial charge in [-0.1, -0.05) is 0 Å². The summed E-state index contributed by atoms with van der Waals surface area (Å²) in [7, 11) is 5.39. The summed E-state index contributed by atoms with van der Waals surface area (Å²) >= 11 is 0. The molecular weight excluding hydrogens is 368 g/mol. The van der Waals surface area contributed by atoms with Crippen LogP contribution in [0, 0.1) is 0 Å². The largest absolute Gasteiger partial charge is 0.489 e. The topological polar surface area (TPSA) is 74.8 Å². The first-order valence-electron chi connectivity index (χ1n) is 9.82. The lowest BCUT2D eigenvalue weighted by molar-refractivity contribution is -0.121. The van der Waals surface area contributed by atoms with Crippen LogP contribution in [0.1, 0.15) is 28.8 Å². The van der Waals surface area contributed by atoms with Gasteiger partial charge in [0.1, 0.15) is 12.4 Å². The van der Waals surface area contributed by atoms with Gasteiger partial charge in [-0.3, -0.25) is 14.6 Å². The molecule has 2 aromatic rings. The molecule has 1 aliphatic rings. The van der Waals surface area contributed by atoms with E-state index in [1.54, 1.807) is 37.5 Å². The predicted molar refractivity (Wildman–Crippen MR) is 112 cm³/mol. The number of pyridine rings is 1. The quantitative estimate of drug-likeness (QED) is 0.726. The van der Waals surface area contributed by atoms with Gasteiger partial charge in [0.25, 0.3) is 5.91 Å². The Morgan fingerprint density at radius 1 is 1.24 bits per heavy atom. The van der Waals surface area contributed by atoms with Gasteiger partial charge in [-0.05, 0) is 48.7 Å². The fourth-order valence-electron chi connectivity index (χ4n) is 3.35. The van der Waals surface area contributed by atoms with Crippen molar-refractivity contribution in [3.8, 4) is 5.75 Å². The molecule has 2 heterocycles. The number of nitrogens with zero attached hydrogens (tertiary/aromatic N) is 3. The van der Waals surface area contributed by atoms with Crippen LogP contribution in [-0.4, -0.2) is 62.0 Å². The fraction of sp³-hybridized carbons (Fsp3) is 0.409. The summed E-state index contributed by atoms with van der Waals surface area (Å²) in [4.78, 5) is 32.2. The van der Waals surface area contributed by atoms with E-state index in [4.69, 9.17) is 4.74 Å². The molecule has 0 unspecified atom stereocenters. The number of likely N-dealkylation sites (N-methyl/N-ethyl adjacent to an activating group) is 1. The number of carbonyl (C=O) groups excluding carboxylic acids is 2. The van der Waals surface area contributed by atoms with E-state index in [2.05, 4.69) is 10.3 Å². The van der Waals surface area contributed by atoms with Crippen molar-refractivity contribution in [2.75, 3.05) is 39.2 Å². The van der Waals surface area contributed by atoms with Crippen LogP contribution in [0.5, 0.6) is 5.75 Å². The van der Waals surface area contributed by atoms with Crippen LogP contribution < -0.4 is 15.0 Å². The zero-order valence-corrected chi connectivity index (χ0v) is 17.2. The van der Waals surface area contributed by atoms with E-state index in [1.165, 1.54) is 5.56 Å². The number of amides is 2. The first-order chi connectivity index (χ1) is 14.0. The van der Waals surface area contributed by atoms with Crippen LogP contribution in [0.15, 0.2) is 42.7 Å². The number of rotatable bonds is 7.